The van der Waals surface area contributed by atoms with Crippen LogP contribution in [-0.2, 0) is 6.54 Å². The van der Waals surface area contributed by atoms with Gasteiger partial charge in [0, 0.05) is 24.1 Å². The van der Waals surface area contributed by atoms with Crippen LogP contribution >= 0.6 is 0 Å². The lowest BCUT2D eigenvalue weighted by atomic mass is 10.1. The van der Waals surface area contributed by atoms with E-state index in [4.69, 9.17) is 18.7 Å². The first-order valence-electron chi connectivity index (χ1n) is 9.07. The van der Waals surface area contributed by atoms with Gasteiger partial charge in [-0.25, -0.2) is 0 Å². The molecule has 0 saturated carbocycles. The molecule has 26 heavy (non-hydrogen) atoms. The fourth-order valence-corrected chi connectivity index (χ4v) is 3.59. The summed E-state index contributed by atoms with van der Waals surface area (Å²) in [6.45, 7) is 6.01. The molecule has 1 aliphatic heterocycles. The maximum Gasteiger partial charge on any atom is 0.203 e. The summed E-state index contributed by atoms with van der Waals surface area (Å²) in [5.74, 6) is 3.31. The maximum atomic E-state index is 5.63. The Morgan fingerprint density at radius 1 is 1.15 bits per heavy atom. The van der Waals surface area contributed by atoms with E-state index in [1.807, 2.05) is 12.1 Å². The highest BCUT2D eigenvalue weighted by molar-refractivity contribution is 5.55. The van der Waals surface area contributed by atoms with E-state index in [1.165, 1.54) is 0 Å². The van der Waals surface area contributed by atoms with E-state index < -0.39 is 0 Å². The van der Waals surface area contributed by atoms with Gasteiger partial charge in [-0.2, -0.15) is 0 Å². The number of ether oxygens (including phenoxy) is 3. The van der Waals surface area contributed by atoms with Gasteiger partial charge in [0.15, 0.2) is 11.5 Å². The predicted molar refractivity (Wildman–Crippen MR) is 99.1 cm³/mol. The molecule has 0 N–H and O–H groups in total. The van der Waals surface area contributed by atoms with Crippen molar-refractivity contribution in [3.8, 4) is 17.2 Å². The number of benzene rings is 1. The summed E-state index contributed by atoms with van der Waals surface area (Å²) in [5.41, 5.74) is 2.09. The number of aromatic nitrogens is 1. The zero-order valence-corrected chi connectivity index (χ0v) is 16.2. The van der Waals surface area contributed by atoms with Crippen LogP contribution in [-0.4, -0.2) is 37.9 Å². The Labute approximate surface area is 155 Å². The SMILES string of the molecule is COc1ccc(CN2CCCC2c2cc(C(C)C)on2)c(OC)c1OC. The van der Waals surface area contributed by atoms with Crippen molar-refractivity contribution in [2.24, 2.45) is 0 Å². The molecule has 0 bridgehead atoms. The molecule has 1 atom stereocenters. The number of methoxy groups -OCH3 is 3. The van der Waals surface area contributed by atoms with E-state index in [-0.39, 0.29) is 6.04 Å². The zero-order chi connectivity index (χ0) is 18.7. The number of nitrogens with zero attached hydrogens (tertiary/aromatic N) is 2. The van der Waals surface area contributed by atoms with Crippen molar-refractivity contribution in [2.75, 3.05) is 27.9 Å². The van der Waals surface area contributed by atoms with Crippen molar-refractivity contribution < 1.29 is 18.7 Å². The molecule has 0 amide bonds. The highest BCUT2D eigenvalue weighted by atomic mass is 16.5. The Kier molecular flexibility index (Phi) is 5.71. The minimum atomic E-state index is 0.268. The van der Waals surface area contributed by atoms with Crippen LogP contribution in [0.4, 0.5) is 0 Å². The highest BCUT2D eigenvalue weighted by Gasteiger charge is 2.30. The van der Waals surface area contributed by atoms with Gasteiger partial charge >= 0.3 is 0 Å². The van der Waals surface area contributed by atoms with Gasteiger partial charge in [0.25, 0.3) is 0 Å². The van der Waals surface area contributed by atoms with Crippen LogP contribution in [0.15, 0.2) is 22.7 Å². The molecule has 0 aliphatic carbocycles. The maximum absolute atomic E-state index is 5.63. The molecule has 0 spiro atoms. The Hall–Kier alpha value is -2.21. The number of rotatable bonds is 7. The van der Waals surface area contributed by atoms with Gasteiger partial charge in [0.1, 0.15) is 11.5 Å². The second kappa shape index (κ2) is 7.99. The minimum absolute atomic E-state index is 0.268. The summed E-state index contributed by atoms with van der Waals surface area (Å²) in [5, 5.41) is 4.32. The van der Waals surface area contributed by atoms with Crippen LogP contribution in [0.2, 0.25) is 0 Å². The molecular weight excluding hydrogens is 332 g/mol. The van der Waals surface area contributed by atoms with Crippen LogP contribution in [0.25, 0.3) is 0 Å². The smallest absolute Gasteiger partial charge is 0.203 e. The molecular formula is C20H28N2O4. The van der Waals surface area contributed by atoms with Gasteiger partial charge in [-0.1, -0.05) is 25.1 Å². The van der Waals surface area contributed by atoms with E-state index in [9.17, 15) is 0 Å². The second-order valence-electron chi connectivity index (χ2n) is 6.93. The number of hydrogen-bond donors (Lipinski definition) is 0. The van der Waals surface area contributed by atoms with E-state index >= 15 is 0 Å². The summed E-state index contributed by atoms with van der Waals surface area (Å²) in [7, 11) is 4.92. The summed E-state index contributed by atoms with van der Waals surface area (Å²) < 4.78 is 22.0. The van der Waals surface area contributed by atoms with Crippen LogP contribution in [0, 0.1) is 0 Å². The third-order valence-electron chi connectivity index (χ3n) is 4.98. The summed E-state index contributed by atoms with van der Waals surface area (Å²) in [4.78, 5) is 2.42. The molecule has 1 saturated heterocycles. The third kappa shape index (κ3) is 3.51. The lowest BCUT2D eigenvalue weighted by Gasteiger charge is -2.24. The first-order valence-corrected chi connectivity index (χ1v) is 9.07. The average molecular weight is 360 g/mol. The topological polar surface area (TPSA) is 57.0 Å². The minimum Gasteiger partial charge on any atom is -0.493 e. The molecule has 3 rings (SSSR count). The molecule has 142 valence electrons. The van der Waals surface area contributed by atoms with Crippen molar-refractivity contribution in [3.63, 3.8) is 0 Å². The fourth-order valence-electron chi connectivity index (χ4n) is 3.59. The molecule has 6 heteroatoms. The first kappa shape index (κ1) is 18.6. The van der Waals surface area contributed by atoms with Gasteiger partial charge in [-0.05, 0) is 25.5 Å². The van der Waals surface area contributed by atoms with Gasteiger partial charge in [-0.15, -0.1) is 0 Å². The van der Waals surface area contributed by atoms with Gasteiger partial charge in [-0.3, -0.25) is 4.90 Å². The Balaban J connectivity index is 1.85. The van der Waals surface area contributed by atoms with Crippen LogP contribution < -0.4 is 14.2 Å². The molecule has 1 unspecified atom stereocenters. The van der Waals surface area contributed by atoms with Crippen molar-refractivity contribution >= 4 is 0 Å². The zero-order valence-electron chi connectivity index (χ0n) is 16.2. The van der Waals surface area contributed by atoms with E-state index in [0.717, 1.165) is 48.7 Å². The summed E-state index contributed by atoms with van der Waals surface area (Å²) >= 11 is 0. The molecule has 1 aromatic carbocycles. The second-order valence-corrected chi connectivity index (χ2v) is 6.93. The lowest BCUT2D eigenvalue weighted by molar-refractivity contribution is 0.231. The Morgan fingerprint density at radius 2 is 1.92 bits per heavy atom. The average Bonchev–Trinajstić information content (AvgIpc) is 3.30. The van der Waals surface area contributed by atoms with Crippen molar-refractivity contribution in [1.29, 1.82) is 0 Å². The standard InChI is InChI=1S/C20H28N2O4/c1-13(2)18-11-15(21-26-18)16-7-6-10-22(16)12-14-8-9-17(23-3)20(25-5)19(14)24-4/h8-9,11,13,16H,6-7,10,12H2,1-5H3. The number of hydrogen-bond acceptors (Lipinski definition) is 6. The Bertz CT molecular complexity index is 741. The van der Waals surface area contributed by atoms with Gasteiger partial charge in [0.2, 0.25) is 5.75 Å². The molecule has 6 nitrogen and oxygen atoms in total. The van der Waals surface area contributed by atoms with Crippen LogP contribution in [0.3, 0.4) is 0 Å². The van der Waals surface area contributed by atoms with Crippen molar-refractivity contribution in [3.05, 3.63) is 35.2 Å². The fraction of sp³-hybridized carbons (Fsp3) is 0.550. The molecule has 1 fully saturated rings. The number of likely N-dealkylation sites (tertiary alicyclic amines) is 1. The summed E-state index contributed by atoms with van der Waals surface area (Å²) in [6.07, 6.45) is 2.23. The van der Waals surface area contributed by atoms with E-state index in [0.29, 0.717) is 17.4 Å². The monoisotopic (exact) mass is 360 g/mol. The highest BCUT2D eigenvalue weighted by Crippen LogP contribution is 2.42. The van der Waals surface area contributed by atoms with Gasteiger partial charge in [0.05, 0.1) is 27.4 Å². The van der Waals surface area contributed by atoms with Crippen molar-refractivity contribution in [1.82, 2.24) is 10.1 Å². The first-order chi connectivity index (χ1) is 12.6. The molecule has 2 aromatic rings. The lowest BCUT2D eigenvalue weighted by Crippen LogP contribution is -2.23. The third-order valence-corrected chi connectivity index (χ3v) is 4.98. The van der Waals surface area contributed by atoms with E-state index in [2.05, 4.69) is 30.0 Å². The molecule has 0 radical (unpaired) electrons. The van der Waals surface area contributed by atoms with Gasteiger partial charge < -0.3 is 18.7 Å². The molecule has 1 aliphatic rings. The van der Waals surface area contributed by atoms with E-state index in [1.54, 1.807) is 21.3 Å². The van der Waals surface area contributed by atoms with Crippen LogP contribution in [0.5, 0.6) is 17.2 Å². The summed E-state index contributed by atoms with van der Waals surface area (Å²) in [6, 6.07) is 6.33. The normalized spacial score (nSPS) is 17.7. The van der Waals surface area contributed by atoms with Crippen LogP contribution in [0.1, 0.15) is 55.7 Å². The largest absolute Gasteiger partial charge is 0.493 e. The molecule has 2 heterocycles. The Morgan fingerprint density at radius 3 is 2.54 bits per heavy atom. The van der Waals surface area contributed by atoms with Crippen molar-refractivity contribution in [2.45, 2.75) is 45.2 Å². The predicted octanol–water partition coefficient (Wildman–Crippen LogP) is 4.16. The molecule has 1 aromatic heterocycles. The quantitative estimate of drug-likeness (QED) is 0.739.